The van der Waals surface area contributed by atoms with Crippen molar-refractivity contribution >= 4 is 40.2 Å². The van der Waals surface area contributed by atoms with Gasteiger partial charge < -0.3 is 10.1 Å². The Hall–Kier alpha value is -4.85. The zero-order chi connectivity index (χ0) is 28.4. The molecule has 5 rings (SSSR count). The molecule has 3 heterocycles. The van der Waals surface area contributed by atoms with Crippen molar-refractivity contribution in [2.24, 2.45) is 0 Å². The van der Waals surface area contributed by atoms with Crippen LogP contribution in [0.3, 0.4) is 0 Å². The van der Waals surface area contributed by atoms with Gasteiger partial charge in [-0.2, -0.15) is 23.0 Å². The number of aromatic nitrogens is 7. The number of carbonyl (C=O) groups is 1. The normalized spacial score (nSPS) is 12.2. The number of benzene rings is 2. The topological polar surface area (TPSA) is 124 Å². The fourth-order valence-corrected chi connectivity index (χ4v) is 4.06. The third-order valence-electron chi connectivity index (χ3n) is 5.74. The number of hydrogen-bond acceptors (Lipinski definition) is 9. The fraction of sp³-hybridized carbons (Fsp3) is 0.160. The van der Waals surface area contributed by atoms with Crippen LogP contribution in [-0.4, -0.2) is 47.8 Å². The highest BCUT2D eigenvalue weighted by Crippen LogP contribution is 2.38. The minimum absolute atomic E-state index is 0.0862. The van der Waals surface area contributed by atoms with Crippen LogP contribution in [0, 0.1) is 0 Å². The third-order valence-corrected chi connectivity index (χ3v) is 5.96. The number of fused-ring (bicyclic) bond motifs is 1. The van der Waals surface area contributed by atoms with Crippen LogP contribution >= 0.6 is 11.6 Å². The lowest BCUT2D eigenvalue weighted by molar-refractivity contribution is -0.136. The Labute approximate surface area is 229 Å². The number of nitrogens with one attached hydrogen (secondary N) is 1. The van der Waals surface area contributed by atoms with Crippen molar-refractivity contribution in [2.45, 2.75) is 19.1 Å². The van der Waals surface area contributed by atoms with Crippen molar-refractivity contribution in [3.63, 3.8) is 0 Å². The van der Waals surface area contributed by atoms with Gasteiger partial charge in [-0.25, -0.2) is 29.7 Å². The molecule has 1 amide bonds. The van der Waals surface area contributed by atoms with Crippen molar-refractivity contribution in [1.82, 2.24) is 34.7 Å². The summed E-state index contributed by atoms with van der Waals surface area (Å²) in [5, 5.41) is 7.25. The van der Waals surface area contributed by atoms with Crippen molar-refractivity contribution < 1.29 is 22.7 Å². The van der Waals surface area contributed by atoms with Gasteiger partial charge in [0.2, 0.25) is 0 Å². The quantitative estimate of drug-likeness (QED) is 0.283. The van der Waals surface area contributed by atoms with Crippen LogP contribution in [0.2, 0.25) is 5.02 Å². The Morgan fingerprint density at radius 3 is 2.52 bits per heavy atom. The van der Waals surface area contributed by atoms with Crippen LogP contribution in [0.25, 0.3) is 16.7 Å². The van der Waals surface area contributed by atoms with Gasteiger partial charge in [-0.15, -0.1) is 0 Å². The van der Waals surface area contributed by atoms with Gasteiger partial charge in [-0.1, -0.05) is 29.8 Å². The summed E-state index contributed by atoms with van der Waals surface area (Å²) in [6.45, 7) is 1.72. The minimum atomic E-state index is -4.66. The standard InChI is InChI=1S/C25H19ClF3N9O2/c1-14(36-22-17-8-15(26)9-18(25(27,28)29)21(17)32-12-33-22)23-34-13-35-38(23)20-10-19(30-11-31-20)37(2)24(39)40-16-6-4-3-5-7-16/h3-14H,1-2H3,(H,32,33,36)/t14-/m0/s1. The van der Waals surface area contributed by atoms with Gasteiger partial charge in [-0.3, -0.25) is 4.90 Å². The maximum absolute atomic E-state index is 13.6. The molecule has 2 aromatic carbocycles. The summed E-state index contributed by atoms with van der Waals surface area (Å²) in [4.78, 5) is 34.4. The molecule has 40 heavy (non-hydrogen) atoms. The molecule has 0 radical (unpaired) electrons. The van der Waals surface area contributed by atoms with Crippen LogP contribution in [0.4, 0.5) is 29.6 Å². The van der Waals surface area contributed by atoms with E-state index >= 15 is 0 Å². The molecule has 15 heteroatoms. The summed E-state index contributed by atoms with van der Waals surface area (Å²) >= 11 is 5.99. The molecular weight excluding hydrogens is 551 g/mol. The number of carbonyl (C=O) groups excluding carboxylic acids is 1. The number of alkyl halides is 3. The molecule has 204 valence electrons. The monoisotopic (exact) mass is 569 g/mol. The number of hydrogen-bond donors (Lipinski definition) is 1. The molecule has 0 unspecified atom stereocenters. The molecule has 0 aliphatic heterocycles. The van der Waals surface area contributed by atoms with E-state index in [0.717, 1.165) is 12.4 Å². The summed E-state index contributed by atoms with van der Waals surface area (Å²) in [6, 6.07) is 11.6. The molecule has 1 N–H and O–H groups in total. The first-order chi connectivity index (χ1) is 19.1. The molecule has 0 saturated heterocycles. The zero-order valence-electron chi connectivity index (χ0n) is 20.8. The van der Waals surface area contributed by atoms with Crippen molar-refractivity contribution in [2.75, 3.05) is 17.3 Å². The second-order valence-corrected chi connectivity index (χ2v) is 8.88. The van der Waals surface area contributed by atoms with Gasteiger partial charge in [0.25, 0.3) is 0 Å². The predicted molar refractivity (Wildman–Crippen MR) is 139 cm³/mol. The van der Waals surface area contributed by atoms with Gasteiger partial charge in [0, 0.05) is 23.5 Å². The van der Waals surface area contributed by atoms with E-state index in [1.165, 1.54) is 41.4 Å². The van der Waals surface area contributed by atoms with Gasteiger partial charge in [-0.05, 0) is 31.2 Å². The predicted octanol–water partition coefficient (Wildman–Crippen LogP) is 5.48. The summed E-state index contributed by atoms with van der Waals surface area (Å²) in [7, 11) is 1.49. The summed E-state index contributed by atoms with van der Waals surface area (Å²) in [6.07, 6.45) is -1.76. The third kappa shape index (κ3) is 5.47. The average Bonchev–Trinajstić information content (AvgIpc) is 3.43. The molecule has 0 aliphatic carbocycles. The maximum atomic E-state index is 13.6. The van der Waals surface area contributed by atoms with E-state index in [9.17, 15) is 18.0 Å². The number of anilines is 2. The Kier molecular flexibility index (Phi) is 7.17. The number of ether oxygens (including phenoxy) is 1. The van der Waals surface area contributed by atoms with Gasteiger partial charge in [0.05, 0.1) is 17.1 Å². The molecule has 0 aliphatic rings. The van der Waals surface area contributed by atoms with E-state index in [0.29, 0.717) is 11.6 Å². The second kappa shape index (κ2) is 10.7. The van der Waals surface area contributed by atoms with Crippen LogP contribution in [0.15, 0.2) is 67.5 Å². The number of rotatable bonds is 6. The molecule has 0 spiro atoms. The molecule has 1 atom stereocenters. The van der Waals surface area contributed by atoms with Crippen molar-refractivity contribution in [1.29, 1.82) is 0 Å². The van der Waals surface area contributed by atoms with E-state index in [-0.39, 0.29) is 33.4 Å². The van der Waals surface area contributed by atoms with Crippen LogP contribution in [0.5, 0.6) is 5.75 Å². The molecular formula is C25H19ClF3N9O2. The van der Waals surface area contributed by atoms with Crippen molar-refractivity contribution in [3.05, 3.63) is 83.9 Å². The van der Waals surface area contributed by atoms with E-state index in [1.807, 2.05) is 0 Å². The Morgan fingerprint density at radius 1 is 1.02 bits per heavy atom. The second-order valence-electron chi connectivity index (χ2n) is 8.44. The number of para-hydroxylation sites is 1. The van der Waals surface area contributed by atoms with E-state index in [1.54, 1.807) is 37.3 Å². The summed E-state index contributed by atoms with van der Waals surface area (Å²) in [5.74, 6) is 1.34. The van der Waals surface area contributed by atoms with Gasteiger partial charge in [0.15, 0.2) is 11.6 Å². The first-order valence-corrected chi connectivity index (χ1v) is 12.0. The molecule has 0 saturated carbocycles. The largest absolute Gasteiger partial charge is 0.420 e. The van der Waals surface area contributed by atoms with Gasteiger partial charge >= 0.3 is 12.3 Å². The Morgan fingerprint density at radius 2 is 1.77 bits per heavy atom. The molecule has 0 fully saturated rings. The molecule has 3 aromatic heterocycles. The lowest BCUT2D eigenvalue weighted by atomic mass is 10.1. The SMILES string of the molecule is C[C@H](Nc1ncnc2c(C(F)(F)F)cc(Cl)cc12)c1ncnn1-c1cc(N(C)C(=O)Oc2ccccc2)ncn1. The highest BCUT2D eigenvalue weighted by molar-refractivity contribution is 6.31. The minimum Gasteiger partial charge on any atom is -0.410 e. The van der Waals surface area contributed by atoms with Gasteiger partial charge in [0.1, 0.15) is 36.4 Å². The lowest BCUT2D eigenvalue weighted by Crippen LogP contribution is -2.30. The maximum Gasteiger partial charge on any atom is 0.420 e. The first-order valence-electron chi connectivity index (χ1n) is 11.6. The number of amides is 1. The fourth-order valence-electron chi connectivity index (χ4n) is 3.84. The highest BCUT2D eigenvalue weighted by atomic mass is 35.5. The highest BCUT2D eigenvalue weighted by Gasteiger charge is 2.34. The summed E-state index contributed by atoms with van der Waals surface area (Å²) in [5.41, 5.74) is -1.27. The average molecular weight is 570 g/mol. The van der Waals surface area contributed by atoms with Crippen LogP contribution < -0.4 is 15.0 Å². The Balaban J connectivity index is 1.41. The smallest absolute Gasteiger partial charge is 0.410 e. The van der Waals surface area contributed by atoms with Crippen LogP contribution in [-0.2, 0) is 6.18 Å². The molecule has 0 bridgehead atoms. The van der Waals surface area contributed by atoms with E-state index in [4.69, 9.17) is 16.3 Å². The van der Waals surface area contributed by atoms with Crippen LogP contribution in [0.1, 0.15) is 24.4 Å². The number of nitrogens with zero attached hydrogens (tertiary/aromatic N) is 8. The zero-order valence-corrected chi connectivity index (χ0v) is 21.6. The van der Waals surface area contributed by atoms with Crippen molar-refractivity contribution in [3.8, 4) is 11.6 Å². The first kappa shape index (κ1) is 26.7. The Bertz CT molecular complexity index is 1680. The van der Waals surface area contributed by atoms with E-state index in [2.05, 4.69) is 35.3 Å². The number of halogens is 4. The lowest BCUT2D eigenvalue weighted by Gasteiger charge is -2.18. The van der Waals surface area contributed by atoms with E-state index < -0.39 is 23.9 Å². The molecule has 5 aromatic rings. The summed E-state index contributed by atoms with van der Waals surface area (Å²) < 4.78 is 47.5. The molecule has 11 nitrogen and oxygen atoms in total.